The molecule has 1 amide bonds. The van der Waals surface area contributed by atoms with Crippen LogP contribution in [0.4, 0.5) is 5.69 Å². The second-order valence-corrected chi connectivity index (χ2v) is 5.17. The minimum Gasteiger partial charge on any atom is -0.465 e. The van der Waals surface area contributed by atoms with Gasteiger partial charge >= 0.3 is 5.97 Å². The van der Waals surface area contributed by atoms with Gasteiger partial charge in [-0.2, -0.15) is 0 Å². The molecule has 0 bridgehead atoms. The lowest BCUT2D eigenvalue weighted by molar-refractivity contribution is -0.120. The highest BCUT2D eigenvalue weighted by Gasteiger charge is 2.21. The highest BCUT2D eigenvalue weighted by Crippen LogP contribution is 2.22. The molecule has 20 heavy (non-hydrogen) atoms. The predicted molar refractivity (Wildman–Crippen MR) is 78.8 cm³/mol. The summed E-state index contributed by atoms with van der Waals surface area (Å²) < 4.78 is 4.63. The third kappa shape index (κ3) is 3.95. The molecule has 3 N–H and O–H groups in total. The Balaban J connectivity index is 2.93. The van der Waals surface area contributed by atoms with Crippen LogP contribution in [-0.4, -0.2) is 25.5 Å². The molecule has 1 unspecified atom stereocenters. The van der Waals surface area contributed by atoms with Gasteiger partial charge in [0.2, 0.25) is 5.91 Å². The number of rotatable bonds is 5. The number of carbonyl (C=O) groups is 2. The predicted octanol–water partition coefficient (Wildman–Crippen LogP) is 2.30. The smallest absolute Gasteiger partial charge is 0.339 e. The van der Waals surface area contributed by atoms with E-state index in [2.05, 4.69) is 10.1 Å². The number of carbonyl (C=O) groups excluding carboxylic acids is 2. The lowest BCUT2D eigenvalue weighted by atomic mass is 9.95. The van der Waals surface area contributed by atoms with E-state index in [0.29, 0.717) is 5.69 Å². The Hall–Kier alpha value is -1.59. The third-order valence-corrected chi connectivity index (χ3v) is 3.36. The van der Waals surface area contributed by atoms with Crippen molar-refractivity contribution >= 4 is 29.2 Å². The van der Waals surface area contributed by atoms with Crippen LogP contribution in [0.3, 0.4) is 0 Å². The minimum atomic E-state index is -0.551. The average molecular weight is 299 g/mol. The van der Waals surface area contributed by atoms with Gasteiger partial charge in [-0.1, -0.05) is 25.4 Å². The highest BCUT2D eigenvalue weighted by molar-refractivity contribution is 6.33. The molecule has 1 aromatic rings. The molecule has 0 aliphatic rings. The molecule has 0 radical (unpaired) electrons. The zero-order chi connectivity index (χ0) is 15.3. The van der Waals surface area contributed by atoms with Crippen LogP contribution in [0, 0.1) is 11.8 Å². The minimum absolute atomic E-state index is 0.132. The normalized spacial score (nSPS) is 12.1. The number of hydrogen-bond acceptors (Lipinski definition) is 4. The van der Waals surface area contributed by atoms with Gasteiger partial charge in [0.25, 0.3) is 0 Å². The number of ether oxygens (including phenoxy) is 1. The average Bonchev–Trinajstić information content (AvgIpc) is 2.40. The zero-order valence-corrected chi connectivity index (χ0v) is 12.5. The van der Waals surface area contributed by atoms with Gasteiger partial charge in [-0.3, -0.25) is 4.79 Å². The van der Waals surface area contributed by atoms with Crippen LogP contribution in [-0.2, 0) is 9.53 Å². The van der Waals surface area contributed by atoms with Crippen molar-refractivity contribution in [2.45, 2.75) is 13.8 Å². The molecule has 0 aliphatic heterocycles. The van der Waals surface area contributed by atoms with Crippen molar-refractivity contribution in [3.05, 3.63) is 28.8 Å². The fourth-order valence-electron chi connectivity index (χ4n) is 1.79. The molecule has 0 aromatic heterocycles. The standard InChI is InChI=1S/C14H19ClN2O3/c1-8(2)11(7-16)13(18)17-9-4-5-12(15)10(6-9)14(19)20-3/h4-6,8,11H,7,16H2,1-3H3,(H,17,18). The number of benzene rings is 1. The maximum atomic E-state index is 12.1. The van der Waals surface area contributed by atoms with Crippen molar-refractivity contribution in [2.75, 3.05) is 19.0 Å². The Kier molecular flexibility index (Phi) is 5.98. The summed E-state index contributed by atoms with van der Waals surface area (Å²) in [6.07, 6.45) is 0. The van der Waals surface area contributed by atoms with Gasteiger partial charge in [-0.25, -0.2) is 4.79 Å². The Morgan fingerprint density at radius 2 is 2.05 bits per heavy atom. The van der Waals surface area contributed by atoms with Crippen molar-refractivity contribution in [1.29, 1.82) is 0 Å². The largest absolute Gasteiger partial charge is 0.465 e. The second kappa shape index (κ2) is 7.26. The van der Waals surface area contributed by atoms with Gasteiger partial charge in [-0.15, -0.1) is 0 Å². The molecule has 1 atom stereocenters. The summed E-state index contributed by atoms with van der Waals surface area (Å²) >= 11 is 5.91. The Morgan fingerprint density at radius 1 is 1.40 bits per heavy atom. The van der Waals surface area contributed by atoms with Crippen molar-refractivity contribution in [3.8, 4) is 0 Å². The number of amides is 1. The van der Waals surface area contributed by atoms with Crippen LogP contribution in [0.5, 0.6) is 0 Å². The SMILES string of the molecule is COC(=O)c1cc(NC(=O)C(CN)C(C)C)ccc1Cl. The van der Waals surface area contributed by atoms with Crippen molar-refractivity contribution < 1.29 is 14.3 Å². The molecular formula is C14H19ClN2O3. The van der Waals surface area contributed by atoms with Crippen LogP contribution < -0.4 is 11.1 Å². The van der Waals surface area contributed by atoms with Gasteiger partial charge in [0.15, 0.2) is 0 Å². The summed E-state index contributed by atoms with van der Waals surface area (Å²) in [6, 6.07) is 4.65. The molecule has 1 rings (SSSR count). The van der Waals surface area contributed by atoms with Crippen LogP contribution in [0.2, 0.25) is 5.02 Å². The van der Waals surface area contributed by atoms with E-state index in [0.717, 1.165) is 0 Å². The lowest BCUT2D eigenvalue weighted by Gasteiger charge is -2.18. The van der Waals surface area contributed by atoms with Crippen LogP contribution in [0.15, 0.2) is 18.2 Å². The van der Waals surface area contributed by atoms with E-state index in [1.54, 1.807) is 6.07 Å². The maximum Gasteiger partial charge on any atom is 0.339 e. The number of anilines is 1. The number of halogens is 1. The van der Waals surface area contributed by atoms with Crippen LogP contribution in [0.25, 0.3) is 0 Å². The number of nitrogens with two attached hydrogens (primary N) is 1. The second-order valence-electron chi connectivity index (χ2n) is 4.76. The summed E-state index contributed by atoms with van der Waals surface area (Å²) in [4.78, 5) is 23.6. The molecule has 6 heteroatoms. The van der Waals surface area contributed by atoms with E-state index in [1.807, 2.05) is 13.8 Å². The Labute approximate surface area is 123 Å². The van der Waals surface area contributed by atoms with E-state index in [1.165, 1.54) is 19.2 Å². The Bertz CT molecular complexity index is 503. The topological polar surface area (TPSA) is 81.4 Å². The summed E-state index contributed by atoms with van der Waals surface area (Å²) in [5.74, 6) is -0.884. The Morgan fingerprint density at radius 3 is 2.55 bits per heavy atom. The van der Waals surface area contributed by atoms with Crippen molar-refractivity contribution in [3.63, 3.8) is 0 Å². The summed E-state index contributed by atoms with van der Waals surface area (Å²) in [5.41, 5.74) is 6.29. The van der Waals surface area contributed by atoms with Crippen molar-refractivity contribution in [2.24, 2.45) is 17.6 Å². The molecule has 0 saturated carbocycles. The molecular weight excluding hydrogens is 280 g/mol. The van der Waals surface area contributed by atoms with Crippen LogP contribution >= 0.6 is 11.6 Å². The van der Waals surface area contributed by atoms with E-state index < -0.39 is 5.97 Å². The van der Waals surface area contributed by atoms with Gasteiger partial charge < -0.3 is 15.8 Å². The summed E-state index contributed by atoms with van der Waals surface area (Å²) in [7, 11) is 1.27. The molecule has 0 spiro atoms. The number of methoxy groups -OCH3 is 1. The first-order chi connectivity index (χ1) is 9.40. The highest BCUT2D eigenvalue weighted by atomic mass is 35.5. The molecule has 0 aliphatic carbocycles. The molecule has 1 aromatic carbocycles. The fourth-order valence-corrected chi connectivity index (χ4v) is 1.98. The molecule has 0 saturated heterocycles. The van der Waals surface area contributed by atoms with Gasteiger partial charge in [0.1, 0.15) is 0 Å². The summed E-state index contributed by atoms with van der Waals surface area (Å²) in [6.45, 7) is 4.12. The first kappa shape index (κ1) is 16.5. The first-order valence-electron chi connectivity index (χ1n) is 6.29. The zero-order valence-electron chi connectivity index (χ0n) is 11.8. The number of esters is 1. The summed E-state index contributed by atoms with van der Waals surface area (Å²) in [5, 5.41) is 3.01. The quantitative estimate of drug-likeness (QED) is 0.817. The monoisotopic (exact) mass is 298 g/mol. The van der Waals surface area contributed by atoms with E-state index >= 15 is 0 Å². The van der Waals surface area contributed by atoms with Gasteiger partial charge in [-0.05, 0) is 24.1 Å². The molecule has 0 fully saturated rings. The molecule has 110 valence electrons. The van der Waals surface area contributed by atoms with Gasteiger partial charge in [0.05, 0.1) is 23.6 Å². The number of nitrogens with one attached hydrogen (secondary N) is 1. The maximum absolute atomic E-state index is 12.1. The van der Waals surface area contributed by atoms with Crippen molar-refractivity contribution in [1.82, 2.24) is 0 Å². The van der Waals surface area contributed by atoms with E-state index in [-0.39, 0.29) is 34.9 Å². The van der Waals surface area contributed by atoms with Crippen LogP contribution in [0.1, 0.15) is 24.2 Å². The van der Waals surface area contributed by atoms with E-state index in [9.17, 15) is 9.59 Å². The van der Waals surface area contributed by atoms with E-state index in [4.69, 9.17) is 17.3 Å². The first-order valence-corrected chi connectivity index (χ1v) is 6.67. The van der Waals surface area contributed by atoms with Gasteiger partial charge in [0, 0.05) is 12.2 Å². The molecule has 0 heterocycles. The lowest BCUT2D eigenvalue weighted by Crippen LogP contribution is -2.33. The number of hydrogen-bond donors (Lipinski definition) is 2. The third-order valence-electron chi connectivity index (χ3n) is 3.03. The molecule has 5 nitrogen and oxygen atoms in total. The fraction of sp³-hybridized carbons (Fsp3) is 0.429.